The average Bonchev–Trinajstić information content (AvgIpc) is 3.27. The maximum atomic E-state index is 14.0. The molecular weight excluding hydrogens is 413 g/mol. The predicted molar refractivity (Wildman–Crippen MR) is 115 cm³/mol. The molecule has 4 aromatic rings. The van der Waals surface area contributed by atoms with Gasteiger partial charge in [-0.2, -0.15) is 4.98 Å². The van der Waals surface area contributed by atoms with Gasteiger partial charge in [-0.15, -0.1) is 0 Å². The van der Waals surface area contributed by atoms with Crippen molar-refractivity contribution in [2.24, 2.45) is 5.92 Å². The van der Waals surface area contributed by atoms with Gasteiger partial charge in [-0.1, -0.05) is 29.4 Å². The van der Waals surface area contributed by atoms with E-state index in [2.05, 4.69) is 10.1 Å². The van der Waals surface area contributed by atoms with E-state index in [9.17, 15) is 14.0 Å². The summed E-state index contributed by atoms with van der Waals surface area (Å²) < 4.78 is 25.0. The molecule has 0 aliphatic carbocycles. The van der Waals surface area contributed by atoms with Gasteiger partial charge in [0.15, 0.2) is 11.2 Å². The van der Waals surface area contributed by atoms with Crippen LogP contribution in [0.1, 0.15) is 29.3 Å². The highest BCUT2D eigenvalue weighted by Crippen LogP contribution is 2.24. The normalized spacial score (nSPS) is 16.4. The second-order valence-corrected chi connectivity index (χ2v) is 7.93. The van der Waals surface area contributed by atoms with E-state index < -0.39 is 5.82 Å². The van der Waals surface area contributed by atoms with E-state index in [1.54, 1.807) is 47.4 Å². The van der Waals surface area contributed by atoms with Gasteiger partial charge in [-0.25, -0.2) is 4.39 Å². The fraction of sp³-hybridized carbons (Fsp3) is 0.250. The molecule has 8 heteroatoms. The van der Waals surface area contributed by atoms with Crippen LogP contribution in [0.3, 0.4) is 0 Å². The Bertz CT molecular complexity index is 1350. The summed E-state index contributed by atoms with van der Waals surface area (Å²) in [5.41, 5.74) is 0.438. The molecule has 1 amide bonds. The van der Waals surface area contributed by atoms with Crippen LogP contribution in [0.4, 0.5) is 4.39 Å². The van der Waals surface area contributed by atoms with E-state index in [4.69, 9.17) is 8.94 Å². The van der Waals surface area contributed by atoms with Gasteiger partial charge in [-0.05, 0) is 43.0 Å². The molecule has 2 aromatic heterocycles. The molecule has 3 heterocycles. The summed E-state index contributed by atoms with van der Waals surface area (Å²) in [6.45, 7) is 1.06. The first-order chi connectivity index (χ1) is 15.6. The zero-order chi connectivity index (χ0) is 22.1. The minimum atomic E-state index is -0.411. The Morgan fingerprint density at radius 1 is 1.16 bits per heavy atom. The number of hydrogen-bond acceptors (Lipinski definition) is 6. The number of rotatable bonds is 4. The van der Waals surface area contributed by atoms with Gasteiger partial charge in [-0.3, -0.25) is 9.59 Å². The van der Waals surface area contributed by atoms with Crippen molar-refractivity contribution in [1.29, 1.82) is 0 Å². The zero-order valence-electron chi connectivity index (χ0n) is 17.2. The third-order valence-corrected chi connectivity index (χ3v) is 5.70. The number of likely N-dealkylation sites (tertiary alicyclic amines) is 1. The lowest BCUT2D eigenvalue weighted by Crippen LogP contribution is -2.40. The van der Waals surface area contributed by atoms with Crippen LogP contribution in [0, 0.1) is 11.7 Å². The molecule has 1 aliphatic heterocycles. The summed E-state index contributed by atoms with van der Waals surface area (Å²) in [6, 6.07) is 14.4. The lowest BCUT2D eigenvalue weighted by Gasteiger charge is -2.31. The van der Waals surface area contributed by atoms with Crippen molar-refractivity contribution < 1.29 is 18.1 Å². The number of para-hydroxylation sites is 1. The van der Waals surface area contributed by atoms with Crippen LogP contribution in [0.25, 0.3) is 22.4 Å². The van der Waals surface area contributed by atoms with Gasteiger partial charge < -0.3 is 13.8 Å². The Morgan fingerprint density at radius 3 is 2.84 bits per heavy atom. The Hall–Kier alpha value is -3.81. The molecule has 0 bridgehead atoms. The number of nitrogens with zero attached hydrogens (tertiary/aromatic N) is 3. The van der Waals surface area contributed by atoms with Crippen molar-refractivity contribution in [2.75, 3.05) is 13.1 Å². The lowest BCUT2D eigenvalue weighted by atomic mass is 9.94. The lowest BCUT2D eigenvalue weighted by molar-refractivity contribution is 0.0636. The molecular formula is C24H20FN3O4. The van der Waals surface area contributed by atoms with Crippen LogP contribution >= 0.6 is 0 Å². The number of amides is 1. The number of aromatic nitrogens is 2. The molecule has 0 saturated carbocycles. The number of halogens is 1. The molecule has 2 aromatic carbocycles. The maximum Gasteiger partial charge on any atom is 0.289 e. The van der Waals surface area contributed by atoms with E-state index in [1.807, 2.05) is 0 Å². The van der Waals surface area contributed by atoms with Gasteiger partial charge >= 0.3 is 0 Å². The summed E-state index contributed by atoms with van der Waals surface area (Å²) in [5.74, 6) is 0.0311. The smallest absolute Gasteiger partial charge is 0.289 e. The van der Waals surface area contributed by atoms with Gasteiger partial charge in [0, 0.05) is 25.6 Å². The standard InChI is InChI=1S/C24H20FN3O4/c25-18-9-3-1-7-16(18)23-26-22(32-27-23)12-15-6-5-11-28(14-15)24(30)21-13-19(29)17-8-2-4-10-20(17)31-21/h1-4,7-10,13,15H,5-6,11-12,14H2. The summed E-state index contributed by atoms with van der Waals surface area (Å²) >= 11 is 0. The maximum absolute atomic E-state index is 14.0. The first-order valence-corrected chi connectivity index (χ1v) is 10.5. The highest BCUT2D eigenvalue weighted by Gasteiger charge is 2.28. The summed E-state index contributed by atoms with van der Waals surface area (Å²) in [6.07, 6.45) is 2.18. The molecule has 0 N–H and O–H groups in total. The molecule has 1 atom stereocenters. The minimum Gasteiger partial charge on any atom is -0.451 e. The van der Waals surface area contributed by atoms with E-state index in [-0.39, 0.29) is 34.4 Å². The van der Waals surface area contributed by atoms with Gasteiger partial charge in [0.25, 0.3) is 5.91 Å². The quantitative estimate of drug-likeness (QED) is 0.482. The van der Waals surface area contributed by atoms with Crippen molar-refractivity contribution in [2.45, 2.75) is 19.3 Å². The van der Waals surface area contributed by atoms with E-state index in [0.29, 0.717) is 36.4 Å². The van der Waals surface area contributed by atoms with Crippen molar-refractivity contribution >= 4 is 16.9 Å². The summed E-state index contributed by atoms with van der Waals surface area (Å²) in [5, 5.41) is 4.34. The third kappa shape index (κ3) is 3.91. The first kappa shape index (κ1) is 20.1. The molecule has 0 spiro atoms. The topological polar surface area (TPSA) is 89.4 Å². The van der Waals surface area contributed by atoms with Crippen molar-refractivity contribution in [3.63, 3.8) is 0 Å². The number of piperidine rings is 1. The van der Waals surface area contributed by atoms with E-state index in [0.717, 1.165) is 12.8 Å². The Labute approximate surface area is 182 Å². The molecule has 0 radical (unpaired) electrons. The van der Waals surface area contributed by atoms with Crippen LogP contribution in [0.2, 0.25) is 0 Å². The van der Waals surface area contributed by atoms with Gasteiger partial charge in [0.05, 0.1) is 10.9 Å². The van der Waals surface area contributed by atoms with Crippen LogP contribution in [-0.2, 0) is 6.42 Å². The number of carbonyl (C=O) groups excluding carboxylic acids is 1. The van der Waals surface area contributed by atoms with Crippen LogP contribution in [-0.4, -0.2) is 34.0 Å². The van der Waals surface area contributed by atoms with E-state index in [1.165, 1.54) is 12.1 Å². The highest BCUT2D eigenvalue weighted by molar-refractivity contribution is 5.93. The Balaban J connectivity index is 1.30. The van der Waals surface area contributed by atoms with Crippen LogP contribution in [0.15, 0.2) is 68.3 Å². The molecule has 7 nitrogen and oxygen atoms in total. The Morgan fingerprint density at radius 2 is 1.97 bits per heavy atom. The van der Waals surface area contributed by atoms with Crippen molar-refractivity contribution in [3.05, 3.63) is 82.3 Å². The number of fused-ring (bicyclic) bond motifs is 1. The van der Waals surface area contributed by atoms with E-state index >= 15 is 0 Å². The molecule has 1 aliphatic rings. The second-order valence-electron chi connectivity index (χ2n) is 7.93. The number of benzene rings is 2. The summed E-state index contributed by atoms with van der Waals surface area (Å²) in [4.78, 5) is 31.4. The first-order valence-electron chi connectivity index (χ1n) is 10.5. The van der Waals surface area contributed by atoms with Gasteiger partial charge in [0.1, 0.15) is 11.4 Å². The number of carbonyl (C=O) groups is 1. The fourth-order valence-corrected chi connectivity index (χ4v) is 4.12. The van der Waals surface area contributed by atoms with Crippen molar-refractivity contribution in [1.82, 2.24) is 15.0 Å². The van der Waals surface area contributed by atoms with Gasteiger partial charge in [0.2, 0.25) is 11.7 Å². The monoisotopic (exact) mass is 433 g/mol. The Kier molecular flexibility index (Phi) is 5.26. The SMILES string of the molecule is O=C(c1cc(=O)c2ccccc2o1)N1CCCC(Cc2nc(-c3ccccc3F)no2)C1. The summed E-state index contributed by atoms with van der Waals surface area (Å²) in [7, 11) is 0. The van der Waals surface area contributed by atoms with Crippen LogP contribution < -0.4 is 5.43 Å². The van der Waals surface area contributed by atoms with Crippen molar-refractivity contribution in [3.8, 4) is 11.4 Å². The molecule has 1 saturated heterocycles. The second kappa shape index (κ2) is 8.37. The molecule has 162 valence electrons. The average molecular weight is 433 g/mol. The van der Waals surface area contributed by atoms with Crippen LogP contribution in [0.5, 0.6) is 0 Å². The fourth-order valence-electron chi connectivity index (χ4n) is 4.12. The molecule has 1 unspecified atom stereocenters. The molecule has 32 heavy (non-hydrogen) atoms. The third-order valence-electron chi connectivity index (χ3n) is 5.70. The minimum absolute atomic E-state index is 0.0361. The zero-order valence-corrected chi connectivity index (χ0v) is 17.2. The molecule has 5 rings (SSSR count). The predicted octanol–water partition coefficient (Wildman–Crippen LogP) is 4.08. The number of hydrogen-bond donors (Lipinski definition) is 0. The highest BCUT2D eigenvalue weighted by atomic mass is 19.1. The largest absolute Gasteiger partial charge is 0.451 e. The molecule has 1 fully saturated rings.